The summed E-state index contributed by atoms with van der Waals surface area (Å²) in [7, 11) is 1.59. The number of benzene rings is 2. The number of ether oxygens (including phenoxy) is 1. The summed E-state index contributed by atoms with van der Waals surface area (Å²) in [5, 5.41) is 15.1. The Morgan fingerprint density at radius 2 is 1.83 bits per heavy atom. The zero-order valence-electron chi connectivity index (χ0n) is 19.6. The fraction of sp³-hybridized carbons (Fsp3) is 0.185. The molecule has 178 valence electrons. The lowest BCUT2D eigenvalue weighted by Crippen LogP contribution is -2.29. The Hall–Kier alpha value is -3.55. The Morgan fingerprint density at radius 1 is 1.06 bits per heavy atom. The maximum Gasteiger partial charge on any atom is 0.174 e. The van der Waals surface area contributed by atoms with Gasteiger partial charge in [0.1, 0.15) is 11.5 Å². The van der Waals surface area contributed by atoms with Gasteiger partial charge in [-0.1, -0.05) is 29.8 Å². The SMILES string of the molecule is COc1ccc(N2C(=S)N[C@@H](c3ccccn3)[C@H]2c2cc(C)n(-c3ccccc3O)c2C)cc1Cl. The van der Waals surface area contributed by atoms with Crippen LogP contribution in [0, 0.1) is 13.8 Å². The van der Waals surface area contributed by atoms with E-state index < -0.39 is 0 Å². The van der Waals surface area contributed by atoms with Crippen molar-refractivity contribution < 1.29 is 9.84 Å². The minimum atomic E-state index is -0.201. The van der Waals surface area contributed by atoms with Crippen LogP contribution in [0.25, 0.3) is 5.69 Å². The van der Waals surface area contributed by atoms with Crippen LogP contribution in [0.4, 0.5) is 5.69 Å². The molecule has 0 bridgehead atoms. The van der Waals surface area contributed by atoms with Gasteiger partial charge >= 0.3 is 0 Å². The molecule has 0 aliphatic carbocycles. The van der Waals surface area contributed by atoms with E-state index in [1.54, 1.807) is 19.4 Å². The van der Waals surface area contributed by atoms with E-state index in [0.717, 1.165) is 34.0 Å². The lowest BCUT2D eigenvalue weighted by Gasteiger charge is -2.28. The number of halogens is 1. The molecule has 8 heteroatoms. The highest BCUT2D eigenvalue weighted by molar-refractivity contribution is 7.80. The summed E-state index contributed by atoms with van der Waals surface area (Å²) >= 11 is 12.3. The number of nitrogens with one attached hydrogen (secondary N) is 1. The number of anilines is 1. The number of rotatable bonds is 5. The number of thiocarbonyl (C=S) groups is 1. The van der Waals surface area contributed by atoms with Crippen molar-refractivity contribution in [1.82, 2.24) is 14.9 Å². The molecule has 0 unspecified atom stereocenters. The molecule has 1 fully saturated rings. The monoisotopic (exact) mass is 504 g/mol. The van der Waals surface area contributed by atoms with Gasteiger partial charge in [0.05, 0.1) is 35.6 Å². The van der Waals surface area contributed by atoms with Gasteiger partial charge in [-0.2, -0.15) is 0 Å². The van der Waals surface area contributed by atoms with Crippen LogP contribution in [0.2, 0.25) is 5.02 Å². The number of aromatic nitrogens is 2. The first-order valence-electron chi connectivity index (χ1n) is 11.2. The van der Waals surface area contributed by atoms with Gasteiger partial charge < -0.3 is 24.6 Å². The van der Waals surface area contributed by atoms with Crippen LogP contribution in [-0.2, 0) is 0 Å². The molecule has 6 nitrogen and oxygen atoms in total. The Kier molecular flexibility index (Phi) is 6.13. The molecule has 1 aliphatic heterocycles. The van der Waals surface area contributed by atoms with Crippen molar-refractivity contribution in [2.45, 2.75) is 25.9 Å². The van der Waals surface area contributed by atoms with Crippen LogP contribution in [0.3, 0.4) is 0 Å². The normalized spacial score (nSPS) is 17.5. The highest BCUT2D eigenvalue weighted by Crippen LogP contribution is 2.45. The summed E-state index contributed by atoms with van der Waals surface area (Å²) in [5.74, 6) is 0.824. The molecule has 1 aliphatic rings. The molecular weight excluding hydrogens is 480 g/mol. The fourth-order valence-electron chi connectivity index (χ4n) is 4.87. The summed E-state index contributed by atoms with van der Waals surface area (Å²) in [6.45, 7) is 4.10. The van der Waals surface area contributed by atoms with Gasteiger partial charge in [-0.3, -0.25) is 4.98 Å². The second-order valence-electron chi connectivity index (χ2n) is 8.47. The molecule has 5 rings (SSSR count). The number of pyridine rings is 1. The maximum absolute atomic E-state index is 10.6. The fourth-order valence-corrected chi connectivity index (χ4v) is 5.46. The van der Waals surface area contributed by atoms with Crippen molar-refractivity contribution in [1.29, 1.82) is 0 Å². The number of hydrogen-bond donors (Lipinski definition) is 2. The van der Waals surface area contributed by atoms with Crippen molar-refractivity contribution in [2.24, 2.45) is 0 Å². The van der Waals surface area contributed by atoms with E-state index in [9.17, 15) is 5.11 Å². The van der Waals surface area contributed by atoms with Crippen LogP contribution in [0.15, 0.2) is 72.9 Å². The lowest BCUT2D eigenvalue weighted by atomic mass is 9.96. The molecule has 35 heavy (non-hydrogen) atoms. The molecule has 3 heterocycles. The van der Waals surface area contributed by atoms with Crippen molar-refractivity contribution in [3.63, 3.8) is 0 Å². The second-order valence-corrected chi connectivity index (χ2v) is 9.26. The van der Waals surface area contributed by atoms with Crippen molar-refractivity contribution in [3.8, 4) is 17.2 Å². The number of hydrogen-bond acceptors (Lipinski definition) is 4. The summed E-state index contributed by atoms with van der Waals surface area (Å²) in [4.78, 5) is 6.71. The summed E-state index contributed by atoms with van der Waals surface area (Å²) < 4.78 is 7.42. The Balaban J connectivity index is 1.69. The zero-order valence-corrected chi connectivity index (χ0v) is 21.1. The molecule has 1 saturated heterocycles. The molecule has 2 aromatic heterocycles. The maximum atomic E-state index is 10.6. The standard InChI is InChI=1S/C27H25ClN4O2S/c1-16-14-19(17(2)31(16)22-9-4-5-10-23(22)33)26-25(21-8-6-7-13-29-21)30-27(35)32(26)18-11-12-24(34-3)20(28)15-18/h4-15,25-26,33H,1-3H3,(H,30,35)/t25-,26+/m0/s1. The average Bonchev–Trinajstić information content (AvgIpc) is 3.35. The smallest absolute Gasteiger partial charge is 0.174 e. The van der Waals surface area contributed by atoms with Crippen LogP contribution in [0.1, 0.15) is 34.7 Å². The van der Waals surface area contributed by atoms with Crippen molar-refractivity contribution in [3.05, 3.63) is 101 Å². The molecule has 4 aromatic rings. The molecule has 0 amide bonds. The van der Waals surface area contributed by atoms with Gasteiger partial charge in [0.2, 0.25) is 0 Å². The molecule has 0 radical (unpaired) electrons. The minimum absolute atomic E-state index is 0.192. The summed E-state index contributed by atoms with van der Waals surface area (Å²) in [6, 6.07) is 20.6. The van der Waals surface area contributed by atoms with Gasteiger partial charge in [0, 0.05) is 23.3 Å². The highest BCUT2D eigenvalue weighted by atomic mass is 35.5. The summed E-state index contributed by atoms with van der Waals surface area (Å²) in [5.41, 5.74) is 5.55. The van der Waals surface area contributed by atoms with Crippen LogP contribution in [0.5, 0.6) is 11.5 Å². The number of para-hydroxylation sites is 2. The number of aryl methyl sites for hydroxylation is 1. The van der Waals surface area contributed by atoms with E-state index in [2.05, 4.69) is 32.8 Å². The van der Waals surface area contributed by atoms with Crippen LogP contribution >= 0.6 is 23.8 Å². The Labute approximate surface area is 214 Å². The average molecular weight is 505 g/mol. The third-order valence-corrected chi connectivity index (χ3v) is 7.03. The van der Waals surface area contributed by atoms with Crippen molar-refractivity contribution >= 4 is 34.6 Å². The van der Waals surface area contributed by atoms with Gasteiger partial charge in [0.25, 0.3) is 0 Å². The first-order chi connectivity index (χ1) is 16.9. The van der Waals surface area contributed by atoms with Crippen molar-refractivity contribution in [2.75, 3.05) is 12.0 Å². The predicted molar refractivity (Wildman–Crippen MR) is 143 cm³/mol. The summed E-state index contributed by atoms with van der Waals surface area (Å²) in [6.07, 6.45) is 1.79. The number of aromatic hydroxyl groups is 1. The molecule has 2 N–H and O–H groups in total. The zero-order chi connectivity index (χ0) is 24.7. The molecule has 0 saturated carbocycles. The molecule has 2 atom stereocenters. The van der Waals surface area contributed by atoms with Crippen LogP contribution in [-0.4, -0.2) is 26.9 Å². The van der Waals surface area contributed by atoms with Gasteiger partial charge in [-0.25, -0.2) is 0 Å². The molecular formula is C27H25ClN4O2S. The third kappa shape index (κ3) is 4.00. The minimum Gasteiger partial charge on any atom is -0.506 e. The van der Waals surface area contributed by atoms with E-state index in [-0.39, 0.29) is 17.8 Å². The first-order valence-corrected chi connectivity index (χ1v) is 12.0. The largest absolute Gasteiger partial charge is 0.506 e. The second kappa shape index (κ2) is 9.24. The number of phenols is 1. The number of nitrogens with zero attached hydrogens (tertiary/aromatic N) is 3. The highest BCUT2D eigenvalue weighted by Gasteiger charge is 2.42. The lowest BCUT2D eigenvalue weighted by molar-refractivity contribution is 0.415. The molecule has 0 spiro atoms. The van der Waals surface area contributed by atoms with E-state index in [4.69, 9.17) is 28.6 Å². The van der Waals surface area contributed by atoms with Gasteiger partial charge in [-0.05, 0) is 80.2 Å². The van der Waals surface area contributed by atoms with Gasteiger partial charge in [-0.15, -0.1) is 0 Å². The van der Waals surface area contributed by atoms with Crippen LogP contribution < -0.4 is 15.0 Å². The Morgan fingerprint density at radius 3 is 2.51 bits per heavy atom. The quantitative estimate of drug-likeness (QED) is 0.323. The third-order valence-electron chi connectivity index (χ3n) is 6.42. The predicted octanol–water partition coefficient (Wildman–Crippen LogP) is 6.03. The topological polar surface area (TPSA) is 62.5 Å². The number of methoxy groups -OCH3 is 1. The van der Waals surface area contributed by atoms with E-state index in [1.807, 2.05) is 61.5 Å². The number of phenolic OH excluding ortho intramolecular Hbond substituents is 1. The first kappa shape index (κ1) is 23.2. The van der Waals surface area contributed by atoms with E-state index in [0.29, 0.717) is 15.9 Å². The molecule has 2 aromatic carbocycles. The van der Waals surface area contributed by atoms with E-state index in [1.165, 1.54) is 0 Å². The van der Waals surface area contributed by atoms with Gasteiger partial charge in [0.15, 0.2) is 5.11 Å². The van der Waals surface area contributed by atoms with E-state index >= 15 is 0 Å². The Bertz CT molecular complexity index is 1410.